The lowest BCUT2D eigenvalue weighted by Crippen LogP contribution is -2.56. The van der Waals surface area contributed by atoms with Gasteiger partial charge in [0, 0.05) is 55.8 Å². The van der Waals surface area contributed by atoms with Crippen LogP contribution in [0.2, 0.25) is 0 Å². The van der Waals surface area contributed by atoms with Crippen molar-refractivity contribution in [3.8, 4) is 0 Å². The first-order valence-corrected chi connectivity index (χ1v) is 13.0. The molecule has 38 heavy (non-hydrogen) atoms. The maximum Gasteiger partial charge on any atom is 0.326 e. The van der Waals surface area contributed by atoms with Gasteiger partial charge in [0.15, 0.2) is 6.29 Å². The Bertz CT molecular complexity index is 1440. The fourth-order valence-corrected chi connectivity index (χ4v) is 5.68. The van der Waals surface area contributed by atoms with Gasteiger partial charge in [-0.2, -0.15) is 0 Å². The normalized spacial score (nSPS) is 21.3. The van der Waals surface area contributed by atoms with Crippen LogP contribution < -0.4 is 5.48 Å². The fraction of sp³-hybridized carbons (Fsp3) is 0.345. The number of carbonyl (C=O) groups is 3. The molecule has 2 aromatic carbocycles. The first-order chi connectivity index (χ1) is 18.5. The van der Waals surface area contributed by atoms with Crippen molar-refractivity contribution in [1.82, 2.24) is 19.8 Å². The average molecular weight is 515 g/mol. The van der Waals surface area contributed by atoms with Gasteiger partial charge < -0.3 is 14.2 Å². The zero-order chi connectivity index (χ0) is 26.2. The highest BCUT2D eigenvalue weighted by Crippen LogP contribution is 2.40. The standard InChI is InChI=1S/C29H30N4O5/c1-31-28(35)22-17-32(29(31)36)18-24-27(22)21-9-2-3-10-23(21)33(24)16-20-8-6-7-19(15-20)12-13-25(34)30-38-26-11-4-5-14-37-26/h2-3,6-10,12-13,15,22,26H,4-5,11,14,16-18H2,1H3,(H,30,34)/b13-12+. The number of para-hydroxylation sites is 1. The number of amides is 4. The van der Waals surface area contributed by atoms with Crippen LogP contribution in [-0.2, 0) is 32.3 Å². The van der Waals surface area contributed by atoms with Gasteiger partial charge in [0.25, 0.3) is 5.91 Å². The van der Waals surface area contributed by atoms with E-state index >= 15 is 0 Å². The molecule has 4 heterocycles. The Labute approximate surface area is 220 Å². The topological polar surface area (TPSA) is 93.1 Å². The van der Waals surface area contributed by atoms with Crippen molar-refractivity contribution in [1.29, 1.82) is 0 Å². The molecule has 196 valence electrons. The number of nitrogens with zero attached hydrogens (tertiary/aromatic N) is 3. The number of aromatic nitrogens is 1. The molecule has 3 aliphatic heterocycles. The average Bonchev–Trinajstić information content (AvgIpc) is 3.26. The van der Waals surface area contributed by atoms with E-state index in [2.05, 4.69) is 22.2 Å². The molecule has 2 bridgehead atoms. The minimum atomic E-state index is -0.395. The van der Waals surface area contributed by atoms with Crippen molar-refractivity contribution in [3.05, 3.63) is 77.0 Å². The number of likely N-dealkylation sites (N-methyl/N-ethyl adjacent to an activating group) is 1. The van der Waals surface area contributed by atoms with Crippen LogP contribution in [-0.4, -0.2) is 58.7 Å². The monoisotopic (exact) mass is 514 g/mol. The number of hydrogen-bond acceptors (Lipinski definition) is 5. The molecule has 2 unspecified atom stereocenters. The lowest BCUT2D eigenvalue weighted by atomic mass is 9.89. The van der Waals surface area contributed by atoms with Crippen LogP contribution in [0, 0.1) is 0 Å². The van der Waals surface area contributed by atoms with Gasteiger partial charge in [0.2, 0.25) is 5.91 Å². The largest absolute Gasteiger partial charge is 0.350 e. The van der Waals surface area contributed by atoms with E-state index in [0.29, 0.717) is 26.2 Å². The van der Waals surface area contributed by atoms with Gasteiger partial charge in [0.05, 0.1) is 12.5 Å². The van der Waals surface area contributed by atoms with E-state index in [1.165, 1.54) is 11.0 Å². The number of fused-ring (bicyclic) bond motifs is 6. The third kappa shape index (κ3) is 4.48. The van der Waals surface area contributed by atoms with Crippen molar-refractivity contribution in [2.75, 3.05) is 20.2 Å². The van der Waals surface area contributed by atoms with Crippen LogP contribution >= 0.6 is 0 Å². The second-order valence-corrected chi connectivity index (χ2v) is 10.0. The van der Waals surface area contributed by atoms with Crippen LogP contribution in [0.1, 0.15) is 47.6 Å². The number of benzene rings is 2. The summed E-state index contributed by atoms with van der Waals surface area (Å²) in [6, 6.07) is 15.8. The Morgan fingerprint density at radius 3 is 2.87 bits per heavy atom. The molecule has 3 aliphatic rings. The minimum absolute atomic E-state index is 0.153. The first-order valence-electron chi connectivity index (χ1n) is 13.0. The van der Waals surface area contributed by atoms with Gasteiger partial charge in [-0.3, -0.25) is 14.5 Å². The SMILES string of the molecule is CN1C(=O)C2CN(Cc3c2c2ccccc2n3Cc2cccc(/C=C/C(=O)NOC3CCCCO3)c2)C1=O. The highest BCUT2D eigenvalue weighted by atomic mass is 16.8. The number of imide groups is 1. The summed E-state index contributed by atoms with van der Waals surface area (Å²) in [7, 11) is 1.56. The van der Waals surface area contributed by atoms with Gasteiger partial charge in [-0.05, 0) is 47.7 Å². The zero-order valence-corrected chi connectivity index (χ0v) is 21.3. The van der Waals surface area contributed by atoms with Crippen LogP contribution in [0.4, 0.5) is 4.79 Å². The third-order valence-electron chi connectivity index (χ3n) is 7.55. The van der Waals surface area contributed by atoms with Crippen molar-refractivity contribution in [2.24, 2.45) is 0 Å². The predicted octanol–water partition coefficient (Wildman–Crippen LogP) is 3.77. The van der Waals surface area contributed by atoms with Gasteiger partial charge in [0.1, 0.15) is 0 Å². The number of carbonyl (C=O) groups excluding carboxylic acids is 3. The summed E-state index contributed by atoms with van der Waals surface area (Å²) < 4.78 is 7.67. The van der Waals surface area contributed by atoms with Crippen molar-refractivity contribution < 1.29 is 24.0 Å². The Morgan fingerprint density at radius 2 is 2.03 bits per heavy atom. The van der Waals surface area contributed by atoms with Crippen molar-refractivity contribution >= 4 is 34.8 Å². The maximum atomic E-state index is 13.0. The molecular weight excluding hydrogens is 484 g/mol. The molecule has 0 saturated carbocycles. The van der Waals surface area contributed by atoms with E-state index in [4.69, 9.17) is 9.57 Å². The summed E-state index contributed by atoms with van der Waals surface area (Å²) in [6.45, 7) is 2.10. The van der Waals surface area contributed by atoms with E-state index in [-0.39, 0.29) is 23.8 Å². The van der Waals surface area contributed by atoms with Crippen molar-refractivity contribution in [3.63, 3.8) is 0 Å². The highest BCUT2D eigenvalue weighted by molar-refractivity contribution is 6.04. The lowest BCUT2D eigenvalue weighted by molar-refractivity contribution is -0.198. The molecule has 2 fully saturated rings. The second-order valence-electron chi connectivity index (χ2n) is 10.0. The molecule has 0 aliphatic carbocycles. The van der Waals surface area contributed by atoms with Gasteiger partial charge in [-0.1, -0.05) is 36.4 Å². The summed E-state index contributed by atoms with van der Waals surface area (Å²) in [5.74, 6) is -0.865. The third-order valence-corrected chi connectivity index (χ3v) is 7.55. The van der Waals surface area contributed by atoms with Crippen LogP contribution in [0.3, 0.4) is 0 Å². The molecule has 9 heteroatoms. The maximum absolute atomic E-state index is 13.0. The molecule has 2 atom stereocenters. The molecule has 4 amide bonds. The summed E-state index contributed by atoms with van der Waals surface area (Å²) in [4.78, 5) is 46.3. The molecule has 9 nitrogen and oxygen atoms in total. The summed E-state index contributed by atoms with van der Waals surface area (Å²) in [5.41, 5.74) is 7.43. The Kier molecular flexibility index (Phi) is 6.47. The second kappa shape index (κ2) is 10.1. The van der Waals surface area contributed by atoms with E-state index in [1.54, 1.807) is 18.0 Å². The van der Waals surface area contributed by atoms with Gasteiger partial charge >= 0.3 is 6.03 Å². The number of ether oxygens (including phenoxy) is 1. The molecule has 6 rings (SSSR count). The van der Waals surface area contributed by atoms with Gasteiger partial charge in [-0.25, -0.2) is 15.1 Å². The molecule has 0 spiro atoms. The molecule has 0 radical (unpaired) electrons. The summed E-state index contributed by atoms with van der Waals surface area (Å²) in [6.07, 6.45) is 5.59. The number of nitrogens with one attached hydrogen (secondary N) is 1. The molecule has 2 saturated heterocycles. The Hall–Kier alpha value is -3.95. The number of rotatable bonds is 6. The van der Waals surface area contributed by atoms with Crippen LogP contribution in [0.5, 0.6) is 0 Å². The fourth-order valence-electron chi connectivity index (χ4n) is 5.68. The highest BCUT2D eigenvalue weighted by Gasteiger charge is 2.44. The van der Waals surface area contributed by atoms with Crippen molar-refractivity contribution in [2.45, 2.75) is 44.6 Å². The van der Waals surface area contributed by atoms with E-state index < -0.39 is 6.29 Å². The number of urea groups is 1. The number of hydroxylamine groups is 1. The zero-order valence-electron chi connectivity index (χ0n) is 21.3. The molecular formula is C29H30N4O5. The van der Waals surface area contributed by atoms with E-state index in [1.807, 2.05) is 36.4 Å². The van der Waals surface area contributed by atoms with E-state index in [9.17, 15) is 14.4 Å². The molecule has 3 aromatic rings. The Morgan fingerprint density at radius 1 is 1.16 bits per heavy atom. The van der Waals surface area contributed by atoms with Crippen LogP contribution in [0.15, 0.2) is 54.6 Å². The predicted molar refractivity (Wildman–Crippen MR) is 141 cm³/mol. The Balaban J connectivity index is 1.24. The first kappa shape index (κ1) is 24.4. The minimum Gasteiger partial charge on any atom is -0.350 e. The quantitative estimate of drug-likeness (QED) is 0.399. The summed E-state index contributed by atoms with van der Waals surface area (Å²) >= 11 is 0. The van der Waals surface area contributed by atoms with Crippen LogP contribution in [0.25, 0.3) is 17.0 Å². The van der Waals surface area contributed by atoms with E-state index in [0.717, 1.165) is 52.5 Å². The van der Waals surface area contributed by atoms with Gasteiger partial charge in [-0.15, -0.1) is 0 Å². The molecule has 1 N–H and O–H groups in total. The summed E-state index contributed by atoms with van der Waals surface area (Å²) in [5, 5.41) is 1.05. The smallest absolute Gasteiger partial charge is 0.326 e. The molecule has 1 aromatic heterocycles. The number of hydrogen-bond donors (Lipinski definition) is 1. The lowest BCUT2D eigenvalue weighted by Gasteiger charge is -2.41.